The van der Waals surface area contributed by atoms with E-state index in [1.165, 1.54) is 6.20 Å². The zero-order valence-corrected chi connectivity index (χ0v) is 14.0. The molecule has 0 saturated carbocycles. The van der Waals surface area contributed by atoms with Crippen molar-refractivity contribution < 1.29 is 23.7 Å². The number of halogens is 2. The monoisotopic (exact) mass is 381 g/mol. The highest BCUT2D eigenvalue weighted by molar-refractivity contribution is 9.10. The number of rotatable bonds is 10. The van der Waals surface area contributed by atoms with Crippen LogP contribution in [0.15, 0.2) is 16.7 Å². The highest BCUT2D eigenvalue weighted by Crippen LogP contribution is 2.18. The van der Waals surface area contributed by atoms with Crippen molar-refractivity contribution in [1.82, 2.24) is 4.98 Å². The maximum Gasteiger partial charge on any atom is 0.341 e. The Bertz CT molecular complexity index is 447. The normalized spacial score (nSPS) is 10.6. The van der Waals surface area contributed by atoms with Gasteiger partial charge in [0.05, 0.1) is 38.6 Å². The summed E-state index contributed by atoms with van der Waals surface area (Å²) < 4.78 is 21.0. The molecule has 0 spiro atoms. The first-order valence-corrected chi connectivity index (χ1v) is 7.45. The van der Waals surface area contributed by atoms with Gasteiger partial charge in [0.2, 0.25) is 0 Å². The molecular weight excluding hydrogens is 366 g/mol. The SMILES string of the molecule is COCCOCCOCCOC(=O)c1cc(Br)cnc1Cl. The Kier molecular flexibility index (Phi) is 9.53. The summed E-state index contributed by atoms with van der Waals surface area (Å²) in [6, 6.07) is 1.56. The lowest BCUT2D eigenvalue weighted by Crippen LogP contribution is -2.14. The van der Waals surface area contributed by atoms with Gasteiger partial charge in [0.1, 0.15) is 11.8 Å². The molecule has 0 radical (unpaired) electrons. The second kappa shape index (κ2) is 10.9. The zero-order chi connectivity index (χ0) is 15.5. The molecule has 1 aromatic heterocycles. The summed E-state index contributed by atoms with van der Waals surface area (Å²) in [4.78, 5) is 15.6. The van der Waals surface area contributed by atoms with E-state index in [0.717, 1.165) is 0 Å². The Labute approximate surface area is 136 Å². The number of ether oxygens (including phenoxy) is 4. The first-order chi connectivity index (χ1) is 10.1. The molecule has 118 valence electrons. The predicted molar refractivity (Wildman–Crippen MR) is 80.7 cm³/mol. The van der Waals surface area contributed by atoms with E-state index in [1.54, 1.807) is 13.2 Å². The van der Waals surface area contributed by atoms with Crippen molar-refractivity contribution in [1.29, 1.82) is 0 Å². The summed E-state index contributed by atoms with van der Waals surface area (Å²) in [6.07, 6.45) is 1.51. The van der Waals surface area contributed by atoms with Crippen molar-refractivity contribution in [3.63, 3.8) is 0 Å². The molecule has 21 heavy (non-hydrogen) atoms. The van der Waals surface area contributed by atoms with Crippen LogP contribution in [0.5, 0.6) is 0 Å². The molecule has 1 rings (SSSR count). The number of nitrogens with zero attached hydrogens (tertiary/aromatic N) is 1. The summed E-state index contributed by atoms with van der Waals surface area (Å²) in [5.41, 5.74) is 0.217. The standard InChI is InChI=1S/C13H17BrClNO5/c1-18-2-3-19-4-5-20-6-7-21-13(17)11-8-10(14)9-16-12(11)15/h8-9H,2-7H2,1H3. The van der Waals surface area contributed by atoms with E-state index in [1.807, 2.05) is 0 Å². The fraction of sp³-hybridized carbons (Fsp3) is 0.538. The molecule has 0 unspecified atom stereocenters. The molecule has 0 aromatic carbocycles. The average Bonchev–Trinajstić information content (AvgIpc) is 2.48. The van der Waals surface area contributed by atoms with Crippen LogP contribution in [0.1, 0.15) is 10.4 Å². The Morgan fingerprint density at radius 3 is 2.48 bits per heavy atom. The highest BCUT2D eigenvalue weighted by Gasteiger charge is 2.13. The van der Waals surface area contributed by atoms with E-state index in [-0.39, 0.29) is 17.3 Å². The van der Waals surface area contributed by atoms with E-state index < -0.39 is 5.97 Å². The van der Waals surface area contributed by atoms with Crippen molar-refractivity contribution in [3.8, 4) is 0 Å². The topological polar surface area (TPSA) is 66.9 Å². The van der Waals surface area contributed by atoms with Crippen molar-refractivity contribution in [2.75, 3.05) is 46.8 Å². The number of hydrogen-bond donors (Lipinski definition) is 0. The van der Waals surface area contributed by atoms with Crippen LogP contribution in [0.3, 0.4) is 0 Å². The van der Waals surface area contributed by atoms with Crippen LogP contribution in [0, 0.1) is 0 Å². The summed E-state index contributed by atoms with van der Waals surface area (Å²) >= 11 is 9.04. The zero-order valence-electron chi connectivity index (χ0n) is 11.6. The van der Waals surface area contributed by atoms with Gasteiger partial charge < -0.3 is 18.9 Å². The van der Waals surface area contributed by atoms with Gasteiger partial charge in [0.15, 0.2) is 0 Å². The van der Waals surface area contributed by atoms with Crippen molar-refractivity contribution in [3.05, 3.63) is 27.5 Å². The average molecular weight is 383 g/mol. The Morgan fingerprint density at radius 1 is 1.19 bits per heavy atom. The summed E-state index contributed by atoms with van der Waals surface area (Å²) in [7, 11) is 1.61. The third-order valence-electron chi connectivity index (χ3n) is 2.29. The second-order valence-electron chi connectivity index (χ2n) is 3.85. The van der Waals surface area contributed by atoms with Gasteiger partial charge in [-0.1, -0.05) is 11.6 Å². The molecule has 1 heterocycles. The van der Waals surface area contributed by atoms with Crippen molar-refractivity contribution in [2.24, 2.45) is 0 Å². The quantitative estimate of drug-likeness (QED) is 0.351. The van der Waals surface area contributed by atoms with Crippen LogP contribution in [0.4, 0.5) is 0 Å². The molecule has 0 fully saturated rings. The molecule has 0 amide bonds. The number of esters is 1. The molecule has 0 N–H and O–H groups in total. The predicted octanol–water partition coefficient (Wildman–Crippen LogP) is 2.33. The van der Waals surface area contributed by atoms with Gasteiger partial charge in [-0.25, -0.2) is 9.78 Å². The van der Waals surface area contributed by atoms with E-state index in [0.29, 0.717) is 37.5 Å². The first-order valence-electron chi connectivity index (χ1n) is 6.27. The molecule has 0 bridgehead atoms. The van der Waals surface area contributed by atoms with Crippen LogP contribution in [-0.4, -0.2) is 57.7 Å². The van der Waals surface area contributed by atoms with Crippen LogP contribution in [-0.2, 0) is 18.9 Å². The number of hydrogen-bond acceptors (Lipinski definition) is 6. The third-order valence-corrected chi connectivity index (χ3v) is 3.03. The minimum Gasteiger partial charge on any atom is -0.460 e. The summed E-state index contributed by atoms with van der Waals surface area (Å²) in [5.74, 6) is -0.534. The minimum absolute atomic E-state index is 0.107. The van der Waals surface area contributed by atoms with E-state index in [4.69, 9.17) is 30.5 Å². The van der Waals surface area contributed by atoms with Gasteiger partial charge in [-0.2, -0.15) is 0 Å². The number of methoxy groups -OCH3 is 1. The van der Waals surface area contributed by atoms with Crippen molar-refractivity contribution >= 4 is 33.5 Å². The number of aromatic nitrogens is 1. The van der Waals surface area contributed by atoms with Crippen LogP contribution >= 0.6 is 27.5 Å². The number of carbonyl (C=O) groups excluding carboxylic acids is 1. The first kappa shape index (κ1) is 18.3. The highest BCUT2D eigenvalue weighted by atomic mass is 79.9. The van der Waals surface area contributed by atoms with Gasteiger partial charge in [-0.05, 0) is 22.0 Å². The van der Waals surface area contributed by atoms with Crippen LogP contribution in [0.25, 0.3) is 0 Å². The molecule has 0 aliphatic carbocycles. The fourth-order valence-corrected chi connectivity index (χ4v) is 1.81. The Morgan fingerprint density at radius 2 is 1.81 bits per heavy atom. The van der Waals surface area contributed by atoms with Gasteiger partial charge in [-0.15, -0.1) is 0 Å². The lowest BCUT2D eigenvalue weighted by molar-refractivity contribution is 0.00569. The Balaban J connectivity index is 2.12. The number of pyridine rings is 1. The van der Waals surface area contributed by atoms with Crippen molar-refractivity contribution in [2.45, 2.75) is 0 Å². The largest absolute Gasteiger partial charge is 0.460 e. The van der Waals surface area contributed by atoms with Gasteiger partial charge in [0, 0.05) is 17.8 Å². The minimum atomic E-state index is -0.534. The van der Waals surface area contributed by atoms with E-state index in [9.17, 15) is 4.79 Å². The Hall–Kier alpha value is -0.730. The molecule has 1 aromatic rings. The summed E-state index contributed by atoms with van der Waals surface area (Å²) in [6.45, 7) is 2.42. The molecule has 0 atom stereocenters. The molecule has 6 nitrogen and oxygen atoms in total. The number of carbonyl (C=O) groups is 1. The van der Waals surface area contributed by atoms with Gasteiger partial charge in [0.25, 0.3) is 0 Å². The van der Waals surface area contributed by atoms with E-state index in [2.05, 4.69) is 20.9 Å². The third kappa shape index (κ3) is 7.73. The maximum absolute atomic E-state index is 11.8. The lowest BCUT2D eigenvalue weighted by atomic mass is 10.3. The molecule has 0 aliphatic rings. The molecule has 8 heteroatoms. The second-order valence-corrected chi connectivity index (χ2v) is 5.12. The fourth-order valence-electron chi connectivity index (χ4n) is 1.30. The summed E-state index contributed by atoms with van der Waals surface area (Å²) in [5, 5.41) is 0.107. The van der Waals surface area contributed by atoms with E-state index >= 15 is 0 Å². The van der Waals surface area contributed by atoms with Crippen LogP contribution < -0.4 is 0 Å². The molecular formula is C13H17BrClNO5. The molecule has 0 saturated heterocycles. The van der Waals surface area contributed by atoms with Gasteiger partial charge >= 0.3 is 5.97 Å². The van der Waals surface area contributed by atoms with Crippen LogP contribution in [0.2, 0.25) is 5.15 Å². The lowest BCUT2D eigenvalue weighted by Gasteiger charge is -2.07. The van der Waals surface area contributed by atoms with Gasteiger partial charge in [-0.3, -0.25) is 0 Å². The smallest absolute Gasteiger partial charge is 0.341 e. The maximum atomic E-state index is 11.8. The molecule has 0 aliphatic heterocycles.